The molecule has 3 N–H and O–H groups in total. The van der Waals surface area contributed by atoms with Crippen LogP contribution in [-0.2, 0) is 0 Å². The molecule has 2 rings (SSSR count). The molecule has 0 radical (unpaired) electrons. The number of hydrogen-bond donors (Lipinski definition) is 2. The lowest BCUT2D eigenvalue weighted by Crippen LogP contribution is -2.27. The Labute approximate surface area is 114 Å². The van der Waals surface area contributed by atoms with E-state index in [1.54, 1.807) is 6.07 Å². The van der Waals surface area contributed by atoms with Crippen LogP contribution in [0.5, 0.6) is 0 Å². The van der Waals surface area contributed by atoms with Gasteiger partial charge >= 0.3 is 0 Å². The summed E-state index contributed by atoms with van der Waals surface area (Å²) in [7, 11) is 0. The summed E-state index contributed by atoms with van der Waals surface area (Å²) in [6.45, 7) is 8.62. The molecule has 19 heavy (non-hydrogen) atoms. The Hall–Kier alpha value is -1.58. The zero-order valence-electron chi connectivity index (χ0n) is 11.8. The minimum atomic E-state index is -0.347. The molecule has 0 aromatic heterocycles. The Kier molecular flexibility index (Phi) is 3.52. The summed E-state index contributed by atoms with van der Waals surface area (Å²) in [5, 5.41) is 7.59. The summed E-state index contributed by atoms with van der Waals surface area (Å²) in [6.07, 6.45) is 1.12. The first-order chi connectivity index (χ1) is 8.79. The highest BCUT2D eigenvalue weighted by atomic mass is 19.1. The maximum atomic E-state index is 13.3. The van der Waals surface area contributed by atoms with Gasteiger partial charge in [0.1, 0.15) is 11.7 Å². The third-order valence-corrected chi connectivity index (χ3v) is 4.00. The highest BCUT2D eigenvalue weighted by Crippen LogP contribution is 2.36. The molecular weight excluding hydrogens is 241 g/mol. The molecule has 0 bridgehead atoms. The van der Waals surface area contributed by atoms with Crippen molar-refractivity contribution in [2.75, 3.05) is 18.0 Å². The third-order valence-electron chi connectivity index (χ3n) is 4.00. The van der Waals surface area contributed by atoms with E-state index < -0.39 is 0 Å². The molecule has 1 aliphatic rings. The van der Waals surface area contributed by atoms with Gasteiger partial charge in [-0.3, -0.25) is 5.41 Å². The molecule has 1 aliphatic heterocycles. The van der Waals surface area contributed by atoms with Crippen molar-refractivity contribution in [2.24, 2.45) is 17.1 Å². The van der Waals surface area contributed by atoms with E-state index in [-0.39, 0.29) is 17.1 Å². The van der Waals surface area contributed by atoms with Crippen LogP contribution in [0.4, 0.5) is 10.1 Å². The van der Waals surface area contributed by atoms with Crippen LogP contribution in [0, 0.1) is 22.6 Å². The number of rotatable bonds is 2. The van der Waals surface area contributed by atoms with E-state index in [9.17, 15) is 4.39 Å². The van der Waals surface area contributed by atoms with Crippen molar-refractivity contribution in [1.29, 1.82) is 5.41 Å². The second-order valence-electron chi connectivity index (χ2n) is 6.37. The second-order valence-corrected chi connectivity index (χ2v) is 6.37. The predicted octanol–water partition coefficient (Wildman–Crippen LogP) is 2.98. The van der Waals surface area contributed by atoms with Gasteiger partial charge in [0.05, 0.1) is 0 Å². The Bertz CT molecular complexity index is 491. The fraction of sp³-hybridized carbons (Fsp3) is 0.533. The van der Waals surface area contributed by atoms with Gasteiger partial charge in [0.25, 0.3) is 0 Å². The normalized spacial score (nSPS) is 19.8. The zero-order valence-corrected chi connectivity index (χ0v) is 11.8. The number of nitrogen functional groups attached to an aromatic ring is 1. The van der Waals surface area contributed by atoms with E-state index in [4.69, 9.17) is 11.1 Å². The van der Waals surface area contributed by atoms with Crippen LogP contribution >= 0.6 is 0 Å². The van der Waals surface area contributed by atoms with Crippen LogP contribution in [-0.4, -0.2) is 18.9 Å². The Balaban J connectivity index is 2.27. The molecule has 1 fully saturated rings. The molecule has 0 saturated carbocycles. The maximum Gasteiger partial charge on any atom is 0.125 e. The standard InChI is InChI=1S/C15H22FN3/c1-15(2,3)10-6-7-19(9-10)13-5-4-11(16)8-12(13)14(17)18/h4-5,8,10H,6-7,9H2,1-3H3,(H3,17,18). The van der Waals surface area contributed by atoms with Crippen LogP contribution in [0.15, 0.2) is 18.2 Å². The minimum Gasteiger partial charge on any atom is -0.384 e. The molecule has 1 saturated heterocycles. The number of nitrogens with one attached hydrogen (secondary N) is 1. The zero-order chi connectivity index (χ0) is 14.2. The van der Waals surface area contributed by atoms with Crippen molar-refractivity contribution < 1.29 is 4.39 Å². The fourth-order valence-corrected chi connectivity index (χ4v) is 2.69. The molecule has 0 aliphatic carbocycles. The number of nitrogens with zero attached hydrogens (tertiary/aromatic N) is 1. The molecule has 104 valence electrons. The molecule has 1 atom stereocenters. The van der Waals surface area contributed by atoms with Crippen LogP contribution in [0.2, 0.25) is 0 Å². The van der Waals surface area contributed by atoms with Crippen molar-refractivity contribution in [3.8, 4) is 0 Å². The van der Waals surface area contributed by atoms with Crippen LogP contribution in [0.1, 0.15) is 32.8 Å². The Morgan fingerprint density at radius 2 is 2.11 bits per heavy atom. The van der Waals surface area contributed by atoms with Gasteiger partial charge in [-0.1, -0.05) is 20.8 Å². The van der Waals surface area contributed by atoms with Gasteiger partial charge in [0.15, 0.2) is 0 Å². The molecule has 1 heterocycles. The van der Waals surface area contributed by atoms with E-state index in [0.717, 1.165) is 25.2 Å². The topological polar surface area (TPSA) is 53.1 Å². The predicted molar refractivity (Wildman–Crippen MR) is 77.2 cm³/mol. The molecular formula is C15H22FN3. The van der Waals surface area contributed by atoms with Crippen molar-refractivity contribution in [3.63, 3.8) is 0 Å². The van der Waals surface area contributed by atoms with E-state index in [0.29, 0.717) is 11.5 Å². The highest BCUT2D eigenvalue weighted by molar-refractivity contribution is 6.00. The highest BCUT2D eigenvalue weighted by Gasteiger charge is 2.32. The van der Waals surface area contributed by atoms with Gasteiger partial charge in [-0.2, -0.15) is 0 Å². The average Bonchev–Trinajstić information content (AvgIpc) is 2.77. The van der Waals surface area contributed by atoms with Crippen molar-refractivity contribution >= 4 is 11.5 Å². The summed E-state index contributed by atoms with van der Waals surface area (Å²) < 4.78 is 13.3. The average molecular weight is 263 g/mol. The van der Waals surface area contributed by atoms with Gasteiger partial charge in [-0.05, 0) is 36.0 Å². The van der Waals surface area contributed by atoms with Gasteiger partial charge in [-0.15, -0.1) is 0 Å². The Morgan fingerprint density at radius 3 is 2.63 bits per heavy atom. The summed E-state index contributed by atoms with van der Waals surface area (Å²) in [5.41, 5.74) is 7.20. The second kappa shape index (κ2) is 4.83. The molecule has 1 unspecified atom stereocenters. The van der Waals surface area contributed by atoms with E-state index in [1.807, 2.05) is 0 Å². The summed E-state index contributed by atoms with van der Waals surface area (Å²) in [4.78, 5) is 2.21. The number of nitrogens with two attached hydrogens (primary N) is 1. The Morgan fingerprint density at radius 1 is 1.42 bits per heavy atom. The van der Waals surface area contributed by atoms with Gasteiger partial charge < -0.3 is 10.6 Å². The molecule has 1 aromatic carbocycles. The maximum absolute atomic E-state index is 13.3. The first-order valence-corrected chi connectivity index (χ1v) is 6.68. The first-order valence-electron chi connectivity index (χ1n) is 6.68. The molecule has 0 amide bonds. The van der Waals surface area contributed by atoms with Crippen molar-refractivity contribution in [3.05, 3.63) is 29.6 Å². The minimum absolute atomic E-state index is 0.0753. The number of benzene rings is 1. The van der Waals surface area contributed by atoms with Gasteiger partial charge in [0, 0.05) is 24.3 Å². The van der Waals surface area contributed by atoms with E-state index >= 15 is 0 Å². The fourth-order valence-electron chi connectivity index (χ4n) is 2.69. The third kappa shape index (κ3) is 2.88. The molecule has 4 heteroatoms. The molecule has 3 nitrogen and oxygen atoms in total. The SMILES string of the molecule is CC(C)(C)C1CCN(c2ccc(F)cc2C(=N)N)C1. The van der Waals surface area contributed by atoms with Crippen molar-refractivity contribution in [1.82, 2.24) is 0 Å². The van der Waals surface area contributed by atoms with Crippen molar-refractivity contribution in [2.45, 2.75) is 27.2 Å². The lowest BCUT2D eigenvalue weighted by Gasteiger charge is -2.28. The van der Waals surface area contributed by atoms with E-state index in [2.05, 4.69) is 25.7 Å². The first kappa shape index (κ1) is 13.8. The largest absolute Gasteiger partial charge is 0.384 e. The number of amidine groups is 1. The van der Waals surface area contributed by atoms with Crippen LogP contribution in [0.25, 0.3) is 0 Å². The number of halogens is 1. The summed E-state index contributed by atoms with van der Waals surface area (Å²) in [5.74, 6) is 0.187. The molecule has 1 aromatic rings. The van der Waals surface area contributed by atoms with Crippen LogP contribution < -0.4 is 10.6 Å². The summed E-state index contributed by atoms with van der Waals surface area (Å²) in [6, 6.07) is 4.52. The summed E-state index contributed by atoms with van der Waals surface area (Å²) >= 11 is 0. The monoisotopic (exact) mass is 263 g/mol. The smallest absolute Gasteiger partial charge is 0.125 e. The number of hydrogen-bond acceptors (Lipinski definition) is 2. The van der Waals surface area contributed by atoms with E-state index in [1.165, 1.54) is 12.1 Å². The molecule has 0 spiro atoms. The quantitative estimate of drug-likeness (QED) is 0.636. The lowest BCUT2D eigenvalue weighted by atomic mass is 9.80. The van der Waals surface area contributed by atoms with Gasteiger partial charge in [-0.25, -0.2) is 4.39 Å². The lowest BCUT2D eigenvalue weighted by molar-refractivity contribution is 0.263. The van der Waals surface area contributed by atoms with Gasteiger partial charge in [0.2, 0.25) is 0 Å². The number of anilines is 1. The van der Waals surface area contributed by atoms with Crippen LogP contribution in [0.3, 0.4) is 0 Å².